The summed E-state index contributed by atoms with van der Waals surface area (Å²) in [5.74, 6) is -4.28. The third kappa shape index (κ3) is 4.29. The number of phenols is 1. The zero-order chi connectivity index (χ0) is 19.6. The van der Waals surface area contributed by atoms with Gasteiger partial charge in [-0.25, -0.2) is 13.6 Å². The van der Waals surface area contributed by atoms with E-state index in [1.54, 1.807) is 36.4 Å². The van der Waals surface area contributed by atoms with Crippen molar-refractivity contribution in [2.45, 2.75) is 19.9 Å². The van der Waals surface area contributed by atoms with Crippen molar-refractivity contribution in [3.63, 3.8) is 0 Å². The number of rotatable bonds is 5. The van der Waals surface area contributed by atoms with Crippen LogP contribution in [0.15, 0.2) is 30.3 Å². The zero-order valence-electron chi connectivity index (χ0n) is 13.9. The lowest BCUT2D eigenvalue weighted by molar-refractivity contribution is -0.140. The minimum atomic E-state index is -1.21. The van der Waals surface area contributed by atoms with Gasteiger partial charge in [-0.15, -0.1) is 0 Å². The Labute approximate surface area is 162 Å². The van der Waals surface area contributed by atoms with Gasteiger partial charge in [0, 0.05) is 11.6 Å². The summed E-state index contributed by atoms with van der Waals surface area (Å²) in [7, 11) is 0. The Kier molecular flexibility index (Phi) is 6.17. The molecular formula is C18H16F2INO4. The van der Waals surface area contributed by atoms with Crippen LogP contribution in [0.5, 0.6) is 5.75 Å². The number of benzene rings is 2. The summed E-state index contributed by atoms with van der Waals surface area (Å²) >= 11 is 1.77. The molecule has 138 valence electrons. The molecule has 0 saturated carbocycles. The average molecular weight is 475 g/mol. The lowest BCUT2D eigenvalue weighted by Crippen LogP contribution is -2.44. The van der Waals surface area contributed by atoms with E-state index in [0.717, 1.165) is 6.07 Å². The Morgan fingerprint density at radius 2 is 1.81 bits per heavy atom. The van der Waals surface area contributed by atoms with Crippen LogP contribution in [0.2, 0.25) is 0 Å². The monoisotopic (exact) mass is 475 g/mol. The van der Waals surface area contributed by atoms with E-state index in [1.807, 2.05) is 0 Å². The predicted molar refractivity (Wildman–Crippen MR) is 99.9 cm³/mol. The van der Waals surface area contributed by atoms with Crippen molar-refractivity contribution in [3.8, 4) is 16.9 Å². The van der Waals surface area contributed by atoms with Crippen LogP contribution < -0.4 is 5.32 Å². The van der Waals surface area contributed by atoms with Gasteiger partial charge in [0.1, 0.15) is 23.4 Å². The quantitative estimate of drug-likeness (QED) is 0.575. The predicted octanol–water partition coefficient (Wildman–Crippen LogP) is 3.78. The Balaban J connectivity index is 2.48. The van der Waals surface area contributed by atoms with Crippen LogP contribution in [0.1, 0.15) is 24.2 Å². The van der Waals surface area contributed by atoms with Crippen molar-refractivity contribution in [1.29, 1.82) is 0 Å². The minimum absolute atomic E-state index is 0.0528. The number of phenolic OH excluding ortho intramolecular Hbond substituents is 1. The second-order valence-electron chi connectivity index (χ2n) is 6.01. The smallest absolute Gasteiger partial charge is 0.326 e. The summed E-state index contributed by atoms with van der Waals surface area (Å²) in [6, 6.07) is 4.56. The van der Waals surface area contributed by atoms with Gasteiger partial charge < -0.3 is 15.5 Å². The lowest BCUT2D eigenvalue weighted by Gasteiger charge is -2.19. The number of aromatic hydroxyl groups is 1. The molecule has 5 nitrogen and oxygen atoms in total. The number of carbonyl (C=O) groups is 2. The Morgan fingerprint density at radius 1 is 1.15 bits per heavy atom. The molecule has 0 radical (unpaired) electrons. The minimum Gasteiger partial charge on any atom is -0.506 e. The molecule has 0 aliphatic carbocycles. The van der Waals surface area contributed by atoms with Crippen molar-refractivity contribution >= 4 is 34.5 Å². The Hall–Kier alpha value is -2.23. The maximum absolute atomic E-state index is 14.0. The normalized spacial score (nSPS) is 12.1. The molecule has 1 atom stereocenters. The maximum atomic E-state index is 14.0. The van der Waals surface area contributed by atoms with Crippen molar-refractivity contribution in [2.24, 2.45) is 5.92 Å². The van der Waals surface area contributed by atoms with Gasteiger partial charge in [0.15, 0.2) is 0 Å². The summed E-state index contributed by atoms with van der Waals surface area (Å²) in [5, 5.41) is 21.7. The average Bonchev–Trinajstić information content (AvgIpc) is 2.54. The molecular weight excluding hydrogens is 459 g/mol. The molecule has 0 aliphatic rings. The largest absolute Gasteiger partial charge is 0.506 e. The summed E-state index contributed by atoms with van der Waals surface area (Å²) in [6.45, 7) is 3.26. The first-order valence-electron chi connectivity index (χ1n) is 7.63. The van der Waals surface area contributed by atoms with Gasteiger partial charge in [0.25, 0.3) is 5.91 Å². The molecule has 2 aromatic rings. The number of hydrogen-bond donors (Lipinski definition) is 3. The fourth-order valence-corrected chi connectivity index (χ4v) is 3.01. The molecule has 3 N–H and O–H groups in total. The molecule has 2 aromatic carbocycles. The summed E-state index contributed by atoms with van der Waals surface area (Å²) < 4.78 is 27.4. The van der Waals surface area contributed by atoms with Gasteiger partial charge in [-0.2, -0.15) is 0 Å². The van der Waals surface area contributed by atoms with Gasteiger partial charge in [0.05, 0.1) is 9.13 Å². The molecule has 0 spiro atoms. The highest BCUT2D eigenvalue weighted by molar-refractivity contribution is 14.1. The molecule has 26 heavy (non-hydrogen) atoms. The van der Waals surface area contributed by atoms with Crippen molar-refractivity contribution in [1.82, 2.24) is 5.32 Å². The number of carboxylic acid groups (broad SMARTS) is 1. The fraction of sp³-hybridized carbons (Fsp3) is 0.222. The molecule has 0 saturated heterocycles. The number of carbonyl (C=O) groups excluding carboxylic acids is 1. The van der Waals surface area contributed by atoms with E-state index >= 15 is 0 Å². The first-order valence-corrected chi connectivity index (χ1v) is 8.71. The maximum Gasteiger partial charge on any atom is 0.326 e. The van der Waals surface area contributed by atoms with Gasteiger partial charge >= 0.3 is 5.97 Å². The second-order valence-corrected chi connectivity index (χ2v) is 7.17. The summed E-state index contributed by atoms with van der Waals surface area (Å²) in [6.07, 6.45) is 0. The van der Waals surface area contributed by atoms with Crippen LogP contribution in [0.4, 0.5) is 8.78 Å². The second kappa shape index (κ2) is 7.98. The van der Waals surface area contributed by atoms with Crippen LogP contribution in [0.3, 0.4) is 0 Å². The number of carboxylic acids is 1. The van der Waals surface area contributed by atoms with Crippen LogP contribution in [0.25, 0.3) is 11.1 Å². The van der Waals surface area contributed by atoms with Crippen molar-refractivity contribution < 1.29 is 28.6 Å². The third-order valence-corrected chi connectivity index (χ3v) is 4.59. The summed E-state index contributed by atoms with van der Waals surface area (Å²) in [4.78, 5) is 23.7. The highest BCUT2D eigenvalue weighted by Crippen LogP contribution is 2.32. The molecule has 0 unspecified atom stereocenters. The third-order valence-electron chi connectivity index (χ3n) is 3.77. The van der Waals surface area contributed by atoms with E-state index in [9.17, 15) is 28.6 Å². The van der Waals surface area contributed by atoms with Crippen LogP contribution >= 0.6 is 22.6 Å². The van der Waals surface area contributed by atoms with Crippen LogP contribution in [-0.2, 0) is 4.79 Å². The SMILES string of the molecule is CC(C)[C@H](NC(=O)c1cc(-c2ccc(F)cc2F)cc(I)c1O)C(=O)O. The molecule has 0 aliphatic heterocycles. The number of hydrogen-bond acceptors (Lipinski definition) is 3. The first kappa shape index (κ1) is 20.1. The molecule has 1 amide bonds. The van der Waals surface area contributed by atoms with Gasteiger partial charge in [-0.1, -0.05) is 13.8 Å². The van der Waals surface area contributed by atoms with E-state index < -0.39 is 29.6 Å². The van der Waals surface area contributed by atoms with Crippen LogP contribution in [-0.4, -0.2) is 28.1 Å². The molecule has 2 rings (SSSR count). The standard InChI is InChI=1S/C18H16F2INO4/c1-8(2)15(18(25)26)22-17(24)12-5-9(6-14(21)16(12)23)11-4-3-10(19)7-13(11)20/h3-8,15,23H,1-2H3,(H,22,24)(H,25,26)/t15-/m0/s1. The molecule has 0 aromatic heterocycles. The van der Waals surface area contributed by atoms with Crippen LogP contribution in [0, 0.1) is 21.1 Å². The zero-order valence-corrected chi connectivity index (χ0v) is 16.0. The first-order chi connectivity index (χ1) is 12.1. The number of halogens is 3. The van der Waals surface area contributed by atoms with E-state index in [0.29, 0.717) is 6.07 Å². The molecule has 0 bridgehead atoms. The van der Waals surface area contributed by atoms with Gasteiger partial charge in [0.2, 0.25) is 0 Å². The van der Waals surface area contributed by atoms with Gasteiger partial charge in [-0.05, 0) is 58.3 Å². The molecule has 0 fully saturated rings. The lowest BCUT2D eigenvalue weighted by atomic mass is 10.00. The molecule has 8 heteroatoms. The van der Waals surface area contributed by atoms with Crippen molar-refractivity contribution in [3.05, 3.63) is 51.1 Å². The Bertz CT molecular complexity index is 871. The fourth-order valence-electron chi connectivity index (χ4n) is 2.38. The van der Waals surface area contributed by atoms with E-state index in [1.165, 1.54) is 18.2 Å². The van der Waals surface area contributed by atoms with Gasteiger partial charge in [-0.3, -0.25) is 4.79 Å². The summed E-state index contributed by atoms with van der Waals surface area (Å²) in [5.41, 5.74) is 0.116. The Morgan fingerprint density at radius 3 is 2.35 bits per heavy atom. The topological polar surface area (TPSA) is 86.6 Å². The van der Waals surface area contributed by atoms with E-state index in [4.69, 9.17) is 0 Å². The molecule has 0 heterocycles. The van der Waals surface area contributed by atoms with E-state index in [-0.39, 0.29) is 31.9 Å². The highest BCUT2D eigenvalue weighted by atomic mass is 127. The van der Waals surface area contributed by atoms with Crippen molar-refractivity contribution in [2.75, 3.05) is 0 Å². The van der Waals surface area contributed by atoms with E-state index in [2.05, 4.69) is 5.32 Å². The number of aliphatic carboxylic acids is 1. The number of nitrogens with one attached hydrogen (secondary N) is 1. The highest BCUT2D eigenvalue weighted by Gasteiger charge is 2.26. The number of amides is 1.